The topological polar surface area (TPSA) is 95.0 Å². The van der Waals surface area contributed by atoms with Gasteiger partial charge in [-0.25, -0.2) is 31.2 Å². The first-order valence-corrected chi connectivity index (χ1v) is 15.6. The molecule has 244 valence electrons. The molecule has 7 rings (SSSR count). The lowest BCUT2D eigenvalue weighted by molar-refractivity contribution is -0.141. The highest BCUT2D eigenvalue weighted by atomic mass is 35.5. The fraction of sp³-hybridized carbons (Fsp3) is 0.290. The molecule has 3 fully saturated rings. The number of amides is 4. The second kappa shape index (κ2) is 10.6. The molecule has 0 spiro atoms. The van der Waals surface area contributed by atoms with Gasteiger partial charge in [-0.05, 0) is 47.9 Å². The number of halogens is 8. The van der Waals surface area contributed by atoms with E-state index in [1.807, 2.05) is 0 Å². The average molecular weight is 715 g/mol. The van der Waals surface area contributed by atoms with Crippen molar-refractivity contribution in [2.24, 2.45) is 17.8 Å². The van der Waals surface area contributed by atoms with Crippen LogP contribution in [0.5, 0.6) is 5.75 Å². The van der Waals surface area contributed by atoms with Gasteiger partial charge < -0.3 is 5.11 Å². The van der Waals surface area contributed by atoms with E-state index in [0.29, 0.717) is 4.88 Å². The summed E-state index contributed by atoms with van der Waals surface area (Å²) < 4.78 is 87.5. The molecule has 2 saturated heterocycles. The minimum atomic E-state index is -2.78. The summed E-state index contributed by atoms with van der Waals surface area (Å²) in [5, 5.41) is 11.6. The average Bonchev–Trinajstić information content (AvgIpc) is 3.68. The number of rotatable bonds is 4. The van der Waals surface area contributed by atoms with Gasteiger partial charge in [-0.15, -0.1) is 34.5 Å². The van der Waals surface area contributed by atoms with Gasteiger partial charge in [-0.2, -0.15) is 0 Å². The number of carbonyl (C=O) groups is 4. The van der Waals surface area contributed by atoms with Crippen LogP contribution < -0.4 is 4.90 Å². The number of alkyl halides is 2. The molecule has 3 heterocycles. The number of anilines is 1. The molecule has 4 amide bonds. The number of fused-ring (bicyclic) bond motifs is 4. The van der Waals surface area contributed by atoms with Gasteiger partial charge in [-0.3, -0.25) is 24.1 Å². The highest BCUT2D eigenvalue weighted by Crippen LogP contribution is 2.66. The number of phenols is 1. The van der Waals surface area contributed by atoms with Gasteiger partial charge in [0, 0.05) is 10.8 Å². The molecule has 0 bridgehead atoms. The van der Waals surface area contributed by atoms with Crippen molar-refractivity contribution < 1.29 is 50.6 Å². The maximum Gasteiger partial charge on any atom is 0.258 e. The van der Waals surface area contributed by atoms with Gasteiger partial charge in [-0.1, -0.05) is 23.8 Å². The third kappa shape index (κ3) is 4.07. The van der Waals surface area contributed by atoms with Crippen molar-refractivity contribution >= 4 is 63.9 Å². The first-order chi connectivity index (χ1) is 22.1. The predicted octanol–water partition coefficient (Wildman–Crippen LogP) is 6.05. The van der Waals surface area contributed by atoms with E-state index in [1.165, 1.54) is 17.4 Å². The molecule has 1 N–H and O–H groups in total. The molecular formula is C31H18Cl2F6N2O5S. The van der Waals surface area contributed by atoms with Crippen molar-refractivity contribution in [1.29, 1.82) is 0 Å². The lowest BCUT2D eigenvalue weighted by Crippen LogP contribution is -2.60. The third-order valence-corrected chi connectivity index (χ3v) is 11.8. The molecule has 2 aliphatic carbocycles. The molecule has 0 radical (unpaired) electrons. The van der Waals surface area contributed by atoms with E-state index in [-0.39, 0.29) is 29.0 Å². The predicted molar refractivity (Wildman–Crippen MR) is 154 cm³/mol. The molecule has 1 saturated carbocycles. The maximum atomic E-state index is 15.1. The Hall–Kier alpha value is -3.88. The number of carbonyl (C=O) groups excluding carboxylic acids is 4. The number of thiophene rings is 1. The van der Waals surface area contributed by atoms with Crippen LogP contribution in [0.2, 0.25) is 0 Å². The number of phenolic OH excluding ortho intramolecular Hbond substituents is 1. The smallest absolute Gasteiger partial charge is 0.258 e. The molecule has 6 atom stereocenters. The van der Waals surface area contributed by atoms with Gasteiger partial charge >= 0.3 is 0 Å². The molecule has 3 aromatic rings. The van der Waals surface area contributed by atoms with Crippen LogP contribution >= 0.6 is 34.5 Å². The Morgan fingerprint density at radius 1 is 0.872 bits per heavy atom. The van der Waals surface area contributed by atoms with Crippen LogP contribution in [0, 0.1) is 52.7 Å². The second-order valence-corrected chi connectivity index (χ2v) is 14.0. The highest BCUT2D eigenvalue weighted by Gasteiger charge is 2.77. The van der Waals surface area contributed by atoms with Crippen LogP contribution in [0.15, 0.2) is 47.4 Å². The van der Waals surface area contributed by atoms with E-state index in [2.05, 4.69) is 0 Å². The zero-order valence-electron chi connectivity index (χ0n) is 23.4. The number of imide groups is 2. The first-order valence-electron chi connectivity index (χ1n) is 14.0. The van der Waals surface area contributed by atoms with Crippen LogP contribution in [0.4, 0.5) is 32.0 Å². The normalized spacial score (nSPS) is 30.1. The molecule has 2 aromatic carbocycles. The lowest BCUT2D eigenvalue weighted by Gasteiger charge is -2.50. The highest BCUT2D eigenvalue weighted by molar-refractivity contribution is 7.09. The van der Waals surface area contributed by atoms with Crippen LogP contribution in [0.25, 0.3) is 0 Å². The van der Waals surface area contributed by atoms with Crippen molar-refractivity contribution in [3.8, 4) is 5.75 Å². The van der Waals surface area contributed by atoms with Crippen molar-refractivity contribution in [2.45, 2.75) is 35.1 Å². The number of hydrogen-bond donors (Lipinski definition) is 1. The van der Waals surface area contributed by atoms with Crippen molar-refractivity contribution in [1.82, 2.24) is 4.90 Å². The number of allylic oxidation sites excluding steroid dienone is 2. The molecule has 0 unspecified atom stereocenters. The summed E-state index contributed by atoms with van der Waals surface area (Å²) in [7, 11) is 0. The minimum Gasteiger partial charge on any atom is -0.505 e. The van der Waals surface area contributed by atoms with Crippen LogP contribution in [-0.2, 0) is 25.7 Å². The number of benzene rings is 2. The van der Waals surface area contributed by atoms with Gasteiger partial charge in [0.1, 0.15) is 5.69 Å². The van der Waals surface area contributed by atoms with Crippen molar-refractivity contribution in [2.75, 3.05) is 4.90 Å². The Morgan fingerprint density at radius 3 is 2.15 bits per heavy atom. The SMILES string of the molecule is O=C1[C@H]2[C@H](CC=C3[C@H]2C[C@@]2(Cl)C(=O)N(c4c(F)c(F)c(F)c(F)c4F)C(=O)[C@@]2(Cl)[C@H]3c2ccc(O)c(F)c2)C(=O)N1Cc1cccs1. The summed E-state index contributed by atoms with van der Waals surface area (Å²) in [5.41, 5.74) is -1.91. The summed E-state index contributed by atoms with van der Waals surface area (Å²) in [5.74, 6) is -23.8. The summed E-state index contributed by atoms with van der Waals surface area (Å²) in [4.78, 5) is 51.6. The molecule has 47 heavy (non-hydrogen) atoms. The van der Waals surface area contributed by atoms with E-state index < -0.39 is 110 Å². The van der Waals surface area contributed by atoms with E-state index >= 15 is 8.78 Å². The molecule has 16 heteroatoms. The summed E-state index contributed by atoms with van der Waals surface area (Å²) in [6.45, 7) is -0.0477. The Bertz CT molecular complexity index is 1950. The standard InChI is InChI=1S/C31H18Cl2F6N2O5S/c32-30-9-15-13(4-5-14-18(15)27(44)40(26(14)43)10-12-2-1-7-47-12)19(11-3-6-17(42)16(34)8-11)31(30,33)29(46)41(28(30)45)25-23(38)21(36)20(35)22(37)24(25)39/h1-4,6-8,14-15,18-19,42H,5,9-10H2/t14-,15+,18-,19-,30+,31-/m0/s1. The van der Waals surface area contributed by atoms with E-state index in [9.17, 15) is 41.8 Å². The third-order valence-electron chi connectivity index (χ3n) is 9.51. The molecular weight excluding hydrogens is 697 g/mol. The maximum absolute atomic E-state index is 15.1. The summed E-state index contributed by atoms with van der Waals surface area (Å²) >= 11 is 15.3. The van der Waals surface area contributed by atoms with E-state index in [4.69, 9.17) is 23.2 Å². The largest absolute Gasteiger partial charge is 0.505 e. The molecule has 4 aliphatic rings. The van der Waals surface area contributed by atoms with E-state index in [0.717, 1.165) is 23.1 Å². The number of likely N-dealkylation sites (tertiary alicyclic amines) is 1. The Kier molecular flexibility index (Phi) is 7.12. The van der Waals surface area contributed by atoms with Crippen LogP contribution in [0.3, 0.4) is 0 Å². The fourth-order valence-electron chi connectivity index (χ4n) is 7.42. The summed E-state index contributed by atoms with van der Waals surface area (Å²) in [6.07, 6.45) is 0.774. The van der Waals surface area contributed by atoms with Gasteiger partial charge in [0.25, 0.3) is 11.8 Å². The Balaban J connectivity index is 1.42. The fourth-order valence-corrected chi connectivity index (χ4v) is 9.05. The monoisotopic (exact) mass is 714 g/mol. The van der Waals surface area contributed by atoms with Gasteiger partial charge in [0.2, 0.25) is 17.6 Å². The first kappa shape index (κ1) is 31.7. The van der Waals surface area contributed by atoms with E-state index in [1.54, 1.807) is 17.5 Å². The van der Waals surface area contributed by atoms with Crippen molar-refractivity contribution in [3.63, 3.8) is 0 Å². The minimum absolute atomic E-state index is 0.0477. The number of nitrogens with zero attached hydrogens (tertiary/aromatic N) is 2. The molecule has 1 aromatic heterocycles. The zero-order valence-corrected chi connectivity index (χ0v) is 25.7. The van der Waals surface area contributed by atoms with Crippen LogP contribution in [-0.4, -0.2) is 43.4 Å². The van der Waals surface area contributed by atoms with Gasteiger partial charge in [0.15, 0.2) is 44.6 Å². The van der Waals surface area contributed by atoms with Gasteiger partial charge in [0.05, 0.1) is 18.4 Å². The second-order valence-electron chi connectivity index (χ2n) is 11.7. The van der Waals surface area contributed by atoms with Crippen LogP contribution in [0.1, 0.15) is 29.2 Å². The van der Waals surface area contributed by atoms with Crippen molar-refractivity contribution in [3.05, 3.63) is 92.7 Å². The Morgan fingerprint density at radius 2 is 1.53 bits per heavy atom. The Labute approximate surface area is 275 Å². The molecule has 2 aliphatic heterocycles. The summed E-state index contributed by atoms with van der Waals surface area (Å²) in [6, 6.07) is 6.28. The number of hydrogen-bond acceptors (Lipinski definition) is 6. The number of aromatic hydroxyl groups is 1. The quantitative estimate of drug-likeness (QED) is 0.0887. The zero-order chi connectivity index (χ0) is 33.9. The molecule has 7 nitrogen and oxygen atoms in total. The lowest BCUT2D eigenvalue weighted by atomic mass is 9.56.